The highest BCUT2D eigenvalue weighted by Gasteiger charge is 2.18. The van der Waals surface area contributed by atoms with Crippen molar-refractivity contribution in [1.29, 1.82) is 0 Å². The lowest BCUT2D eigenvalue weighted by atomic mass is 10.1. The zero-order chi connectivity index (χ0) is 15.8. The van der Waals surface area contributed by atoms with Crippen LogP contribution in [0.15, 0.2) is 24.3 Å². The van der Waals surface area contributed by atoms with Gasteiger partial charge in [0.15, 0.2) is 0 Å². The van der Waals surface area contributed by atoms with Gasteiger partial charge in [-0.2, -0.15) is 0 Å². The van der Waals surface area contributed by atoms with Crippen molar-refractivity contribution in [2.24, 2.45) is 5.73 Å². The number of aldehydes is 1. The first-order valence-corrected chi connectivity index (χ1v) is 6.49. The van der Waals surface area contributed by atoms with Gasteiger partial charge in [-0.25, -0.2) is 0 Å². The summed E-state index contributed by atoms with van der Waals surface area (Å²) in [5.41, 5.74) is 5.94. The number of nitrogens with two attached hydrogens (primary N) is 1. The molecule has 1 aromatic carbocycles. The molecule has 0 bridgehead atoms. The number of rotatable bonds is 7. The van der Waals surface area contributed by atoms with E-state index in [1.165, 1.54) is 19.1 Å². The molecule has 7 nitrogen and oxygen atoms in total. The van der Waals surface area contributed by atoms with Gasteiger partial charge < -0.3 is 26.3 Å². The second-order valence-corrected chi connectivity index (χ2v) is 4.62. The number of hydrogen-bond donors (Lipinski definition) is 4. The van der Waals surface area contributed by atoms with Crippen molar-refractivity contribution >= 4 is 18.1 Å². The van der Waals surface area contributed by atoms with E-state index >= 15 is 0 Å². The van der Waals surface area contributed by atoms with Gasteiger partial charge >= 0.3 is 0 Å². The summed E-state index contributed by atoms with van der Waals surface area (Å²) >= 11 is 0. The summed E-state index contributed by atoms with van der Waals surface area (Å²) < 4.78 is 0. The van der Waals surface area contributed by atoms with Crippen molar-refractivity contribution in [2.45, 2.75) is 25.4 Å². The molecule has 2 atom stereocenters. The van der Waals surface area contributed by atoms with Gasteiger partial charge in [0, 0.05) is 0 Å². The molecule has 0 heterocycles. The maximum absolute atomic E-state index is 11.8. The van der Waals surface area contributed by atoms with Crippen LogP contribution in [-0.4, -0.2) is 41.8 Å². The summed E-state index contributed by atoms with van der Waals surface area (Å²) in [6, 6.07) is 4.85. The molecule has 0 fully saturated rings. The number of carbonyl (C=O) groups excluding carboxylic acids is 3. The van der Waals surface area contributed by atoms with Gasteiger partial charge in [-0.3, -0.25) is 9.59 Å². The van der Waals surface area contributed by atoms with E-state index in [2.05, 4.69) is 10.6 Å². The Bertz CT molecular complexity index is 501. The number of amides is 2. The van der Waals surface area contributed by atoms with Crippen molar-refractivity contribution in [2.75, 3.05) is 6.54 Å². The molecule has 0 aromatic heterocycles. The highest BCUT2D eigenvalue weighted by molar-refractivity contribution is 5.89. The van der Waals surface area contributed by atoms with Crippen LogP contribution in [0.1, 0.15) is 12.5 Å². The van der Waals surface area contributed by atoms with Crippen LogP contribution in [-0.2, 0) is 20.8 Å². The Hall–Kier alpha value is -2.41. The maximum Gasteiger partial charge on any atom is 0.242 e. The van der Waals surface area contributed by atoms with Crippen molar-refractivity contribution in [3.8, 4) is 5.75 Å². The zero-order valence-electron chi connectivity index (χ0n) is 11.7. The average Bonchev–Trinajstić information content (AvgIpc) is 2.48. The fourth-order valence-corrected chi connectivity index (χ4v) is 1.69. The van der Waals surface area contributed by atoms with E-state index < -0.39 is 23.9 Å². The second kappa shape index (κ2) is 8.01. The van der Waals surface area contributed by atoms with Gasteiger partial charge in [0.25, 0.3) is 0 Å². The van der Waals surface area contributed by atoms with E-state index in [0.717, 1.165) is 5.56 Å². The number of hydrogen-bond acceptors (Lipinski definition) is 5. The third-order valence-electron chi connectivity index (χ3n) is 2.84. The molecule has 7 heteroatoms. The Balaban J connectivity index is 2.57. The standard InChI is InChI=1S/C14H19N3O4/c1-9(16-13(20)7-15)14(21)17-11(8-18)6-10-2-4-12(19)5-3-10/h2-5,8-9,11,19H,6-7,15H2,1H3,(H,16,20)(H,17,21)/t9-,11-/m0/s1. The Morgan fingerprint density at radius 3 is 2.43 bits per heavy atom. The number of carbonyl (C=O) groups is 3. The van der Waals surface area contributed by atoms with Crippen LogP contribution in [0.3, 0.4) is 0 Å². The lowest BCUT2D eigenvalue weighted by molar-refractivity contribution is -0.129. The Kier molecular flexibility index (Phi) is 6.35. The van der Waals surface area contributed by atoms with Crippen molar-refractivity contribution in [3.63, 3.8) is 0 Å². The van der Waals surface area contributed by atoms with Crippen LogP contribution in [0.5, 0.6) is 5.75 Å². The summed E-state index contributed by atoms with van der Waals surface area (Å²) in [4.78, 5) is 34.0. The Labute approximate surface area is 122 Å². The summed E-state index contributed by atoms with van der Waals surface area (Å²) in [7, 11) is 0. The topological polar surface area (TPSA) is 122 Å². The van der Waals surface area contributed by atoms with Crippen LogP contribution < -0.4 is 16.4 Å². The van der Waals surface area contributed by atoms with Gasteiger partial charge in [-0.15, -0.1) is 0 Å². The van der Waals surface area contributed by atoms with Crippen molar-refractivity contribution in [1.82, 2.24) is 10.6 Å². The molecule has 0 saturated carbocycles. The van der Waals surface area contributed by atoms with Crippen molar-refractivity contribution in [3.05, 3.63) is 29.8 Å². The van der Waals surface area contributed by atoms with E-state index in [1.807, 2.05) is 0 Å². The highest BCUT2D eigenvalue weighted by Crippen LogP contribution is 2.10. The molecule has 5 N–H and O–H groups in total. The summed E-state index contributed by atoms with van der Waals surface area (Å²) in [6.45, 7) is 1.30. The van der Waals surface area contributed by atoms with Gasteiger partial charge in [-0.1, -0.05) is 12.1 Å². The predicted octanol–water partition coefficient (Wildman–Crippen LogP) is -0.918. The minimum atomic E-state index is -0.775. The first-order valence-electron chi connectivity index (χ1n) is 6.49. The monoisotopic (exact) mass is 293 g/mol. The molecular weight excluding hydrogens is 274 g/mol. The molecule has 21 heavy (non-hydrogen) atoms. The van der Waals surface area contributed by atoms with E-state index in [0.29, 0.717) is 12.7 Å². The van der Waals surface area contributed by atoms with Gasteiger partial charge in [-0.05, 0) is 31.0 Å². The molecule has 2 amide bonds. The smallest absolute Gasteiger partial charge is 0.242 e. The minimum Gasteiger partial charge on any atom is -0.508 e. The van der Waals surface area contributed by atoms with Gasteiger partial charge in [0.1, 0.15) is 18.1 Å². The van der Waals surface area contributed by atoms with E-state index in [9.17, 15) is 19.5 Å². The minimum absolute atomic E-state index is 0.128. The molecule has 0 aliphatic carbocycles. The number of phenolic OH excluding ortho intramolecular Hbond substituents is 1. The number of phenols is 1. The van der Waals surface area contributed by atoms with E-state index in [-0.39, 0.29) is 12.3 Å². The molecule has 0 aliphatic rings. The van der Waals surface area contributed by atoms with Crippen LogP contribution in [0.4, 0.5) is 0 Å². The fourth-order valence-electron chi connectivity index (χ4n) is 1.69. The van der Waals surface area contributed by atoms with Crippen molar-refractivity contribution < 1.29 is 19.5 Å². The lowest BCUT2D eigenvalue weighted by Crippen LogP contribution is -2.50. The van der Waals surface area contributed by atoms with E-state index in [1.54, 1.807) is 12.1 Å². The SMILES string of the molecule is C[C@H](NC(=O)CN)C(=O)N[C@H](C=O)Cc1ccc(O)cc1. The van der Waals surface area contributed by atoms with Gasteiger partial charge in [0.05, 0.1) is 12.6 Å². The average molecular weight is 293 g/mol. The quantitative estimate of drug-likeness (QED) is 0.484. The first kappa shape index (κ1) is 16.6. The van der Waals surface area contributed by atoms with Gasteiger partial charge in [0.2, 0.25) is 11.8 Å². The predicted molar refractivity (Wildman–Crippen MR) is 76.5 cm³/mol. The summed E-state index contributed by atoms with van der Waals surface area (Å²) in [6.07, 6.45) is 0.926. The molecule has 114 valence electrons. The number of nitrogens with one attached hydrogen (secondary N) is 2. The van der Waals surface area contributed by atoms with Crippen LogP contribution in [0.2, 0.25) is 0 Å². The molecule has 0 radical (unpaired) electrons. The third kappa shape index (κ3) is 5.62. The molecule has 0 saturated heterocycles. The Morgan fingerprint density at radius 2 is 1.90 bits per heavy atom. The van der Waals surface area contributed by atoms with Crippen LogP contribution in [0, 0.1) is 0 Å². The molecule has 0 unspecified atom stereocenters. The zero-order valence-corrected chi connectivity index (χ0v) is 11.7. The van der Waals surface area contributed by atoms with E-state index in [4.69, 9.17) is 5.73 Å². The third-order valence-corrected chi connectivity index (χ3v) is 2.84. The van der Waals surface area contributed by atoms with Crippen LogP contribution >= 0.6 is 0 Å². The molecule has 0 spiro atoms. The number of benzene rings is 1. The maximum atomic E-state index is 11.8. The fraction of sp³-hybridized carbons (Fsp3) is 0.357. The van der Waals surface area contributed by atoms with Crippen LogP contribution in [0.25, 0.3) is 0 Å². The largest absolute Gasteiger partial charge is 0.508 e. The lowest BCUT2D eigenvalue weighted by Gasteiger charge is -2.17. The first-order chi connectivity index (χ1) is 9.96. The highest BCUT2D eigenvalue weighted by atomic mass is 16.3. The Morgan fingerprint density at radius 1 is 1.29 bits per heavy atom. The second-order valence-electron chi connectivity index (χ2n) is 4.62. The summed E-state index contributed by atoms with van der Waals surface area (Å²) in [5, 5.41) is 14.1. The number of aromatic hydroxyl groups is 1. The normalized spacial score (nSPS) is 13.0. The molecular formula is C14H19N3O4. The summed E-state index contributed by atoms with van der Waals surface area (Å²) in [5.74, 6) is -0.782. The molecule has 1 aromatic rings. The molecule has 1 rings (SSSR count). The molecule has 0 aliphatic heterocycles.